The fraction of sp³-hybridized carbons (Fsp3) is 0.704. The van der Waals surface area contributed by atoms with Gasteiger partial charge >= 0.3 is 11.9 Å². The monoisotopic (exact) mass is 446 g/mol. The highest BCUT2D eigenvalue weighted by Crippen LogP contribution is 2.28. The first-order chi connectivity index (χ1) is 15.6. The van der Waals surface area contributed by atoms with Gasteiger partial charge in [0.2, 0.25) is 0 Å². The van der Waals surface area contributed by atoms with E-state index in [2.05, 4.69) is 6.92 Å². The van der Waals surface area contributed by atoms with Crippen LogP contribution in [0.3, 0.4) is 0 Å². The topological polar surface area (TPSA) is 61.8 Å². The second-order valence-corrected chi connectivity index (χ2v) is 9.08. The molecule has 5 nitrogen and oxygen atoms in total. The van der Waals surface area contributed by atoms with E-state index in [0.717, 1.165) is 18.4 Å². The van der Waals surface area contributed by atoms with Crippen LogP contribution in [0.2, 0.25) is 0 Å². The van der Waals surface area contributed by atoms with Crippen molar-refractivity contribution in [2.75, 3.05) is 13.2 Å². The van der Waals surface area contributed by atoms with Crippen LogP contribution in [0.4, 0.5) is 0 Å². The molecule has 1 aromatic carbocycles. The van der Waals surface area contributed by atoms with Gasteiger partial charge in [0.1, 0.15) is 6.61 Å². The number of esters is 2. The van der Waals surface area contributed by atoms with Gasteiger partial charge in [-0.3, -0.25) is 9.59 Å². The van der Waals surface area contributed by atoms with E-state index in [1.807, 2.05) is 30.3 Å². The number of benzene rings is 1. The third kappa shape index (κ3) is 11.1. The van der Waals surface area contributed by atoms with Crippen LogP contribution in [0.5, 0.6) is 0 Å². The Morgan fingerprint density at radius 2 is 1.53 bits per heavy atom. The lowest BCUT2D eigenvalue weighted by molar-refractivity contribution is -0.169. The summed E-state index contributed by atoms with van der Waals surface area (Å²) in [6, 6.07) is 9.85. The average molecular weight is 447 g/mol. The van der Waals surface area contributed by atoms with Crippen molar-refractivity contribution in [2.24, 2.45) is 0 Å². The van der Waals surface area contributed by atoms with Gasteiger partial charge in [-0.2, -0.15) is 0 Å². The normalized spacial score (nSPS) is 18.0. The molecule has 1 heterocycles. The molecule has 0 unspecified atom stereocenters. The summed E-state index contributed by atoms with van der Waals surface area (Å²) in [7, 11) is 0. The molecule has 0 aromatic heterocycles. The van der Waals surface area contributed by atoms with Gasteiger partial charge in [0, 0.05) is 19.3 Å². The molecule has 0 saturated carbocycles. The SMILES string of the molecule is CCCCCCCCCCCCCC(=O)OC[C@]1(COCc2ccccc2)CCC(=O)O1. The highest BCUT2D eigenvalue weighted by Gasteiger charge is 2.42. The summed E-state index contributed by atoms with van der Waals surface area (Å²) in [5.74, 6) is -0.471. The fourth-order valence-corrected chi connectivity index (χ4v) is 4.07. The Balaban J connectivity index is 1.54. The maximum Gasteiger partial charge on any atom is 0.306 e. The van der Waals surface area contributed by atoms with Gasteiger partial charge in [-0.1, -0.05) is 101 Å². The van der Waals surface area contributed by atoms with Crippen LogP contribution < -0.4 is 0 Å². The van der Waals surface area contributed by atoms with Crippen LogP contribution in [-0.4, -0.2) is 30.8 Å². The molecular weight excluding hydrogens is 404 g/mol. The molecule has 0 amide bonds. The molecule has 1 atom stereocenters. The van der Waals surface area contributed by atoms with E-state index in [4.69, 9.17) is 14.2 Å². The molecule has 0 radical (unpaired) electrons. The number of ether oxygens (including phenoxy) is 3. The number of hydrogen-bond acceptors (Lipinski definition) is 5. The van der Waals surface area contributed by atoms with Gasteiger partial charge < -0.3 is 14.2 Å². The van der Waals surface area contributed by atoms with Crippen molar-refractivity contribution < 1.29 is 23.8 Å². The molecule has 0 aliphatic carbocycles. The minimum Gasteiger partial charge on any atom is -0.461 e. The maximum absolute atomic E-state index is 12.2. The number of unbranched alkanes of at least 4 members (excludes halogenated alkanes) is 10. The lowest BCUT2D eigenvalue weighted by Gasteiger charge is -2.27. The van der Waals surface area contributed by atoms with E-state index in [-0.39, 0.29) is 25.2 Å². The third-order valence-corrected chi connectivity index (χ3v) is 6.07. The zero-order chi connectivity index (χ0) is 22.9. The predicted octanol–water partition coefficient (Wildman–Crippen LogP) is 6.52. The Bertz CT molecular complexity index is 645. The molecule has 0 N–H and O–H groups in total. The highest BCUT2D eigenvalue weighted by molar-refractivity contribution is 5.72. The molecule has 1 aliphatic heterocycles. The largest absolute Gasteiger partial charge is 0.461 e. The summed E-state index contributed by atoms with van der Waals surface area (Å²) in [6.45, 7) is 3.00. The zero-order valence-electron chi connectivity index (χ0n) is 19.9. The average Bonchev–Trinajstić information content (AvgIpc) is 3.17. The van der Waals surface area contributed by atoms with Gasteiger partial charge in [-0.25, -0.2) is 0 Å². The summed E-state index contributed by atoms with van der Waals surface area (Å²) in [6.07, 6.45) is 15.0. The summed E-state index contributed by atoms with van der Waals surface area (Å²) < 4.78 is 16.8. The first-order valence-corrected chi connectivity index (χ1v) is 12.6. The van der Waals surface area contributed by atoms with Gasteiger partial charge in [0.25, 0.3) is 0 Å². The van der Waals surface area contributed by atoms with E-state index in [0.29, 0.717) is 25.9 Å². The quantitative estimate of drug-likeness (QED) is 0.190. The number of carbonyl (C=O) groups is 2. The van der Waals surface area contributed by atoms with Crippen LogP contribution >= 0.6 is 0 Å². The molecule has 32 heavy (non-hydrogen) atoms. The van der Waals surface area contributed by atoms with E-state index in [9.17, 15) is 9.59 Å². The second kappa shape index (κ2) is 15.8. The van der Waals surface area contributed by atoms with Crippen LogP contribution in [0.25, 0.3) is 0 Å². The molecule has 2 rings (SSSR count). The van der Waals surface area contributed by atoms with Crippen molar-refractivity contribution in [3.8, 4) is 0 Å². The number of cyclic esters (lactones) is 1. The summed E-state index contributed by atoms with van der Waals surface area (Å²) >= 11 is 0. The molecule has 0 spiro atoms. The highest BCUT2D eigenvalue weighted by atomic mass is 16.6. The maximum atomic E-state index is 12.2. The smallest absolute Gasteiger partial charge is 0.306 e. The second-order valence-electron chi connectivity index (χ2n) is 9.08. The van der Waals surface area contributed by atoms with Crippen LogP contribution in [0, 0.1) is 0 Å². The fourth-order valence-electron chi connectivity index (χ4n) is 4.07. The van der Waals surface area contributed by atoms with E-state index in [1.165, 1.54) is 57.8 Å². The van der Waals surface area contributed by atoms with Crippen molar-refractivity contribution in [3.63, 3.8) is 0 Å². The molecule has 1 aromatic rings. The summed E-state index contributed by atoms with van der Waals surface area (Å²) in [5, 5.41) is 0. The van der Waals surface area contributed by atoms with Gasteiger partial charge in [0.15, 0.2) is 5.60 Å². The molecule has 1 saturated heterocycles. The Labute approximate surface area is 194 Å². The van der Waals surface area contributed by atoms with Crippen molar-refractivity contribution in [1.82, 2.24) is 0 Å². The Hall–Kier alpha value is -1.88. The van der Waals surface area contributed by atoms with Crippen LogP contribution in [0.15, 0.2) is 30.3 Å². The third-order valence-electron chi connectivity index (χ3n) is 6.07. The predicted molar refractivity (Wildman–Crippen MR) is 126 cm³/mol. The summed E-state index contributed by atoms with van der Waals surface area (Å²) in [4.78, 5) is 23.9. The van der Waals surface area contributed by atoms with Gasteiger partial charge in [-0.15, -0.1) is 0 Å². The van der Waals surface area contributed by atoms with Crippen molar-refractivity contribution in [2.45, 2.75) is 109 Å². The van der Waals surface area contributed by atoms with Gasteiger partial charge in [0.05, 0.1) is 13.2 Å². The molecule has 180 valence electrons. The Kier molecular flexibility index (Phi) is 13.1. The summed E-state index contributed by atoms with van der Waals surface area (Å²) in [5.41, 5.74) is 0.207. The van der Waals surface area contributed by atoms with Crippen molar-refractivity contribution in [3.05, 3.63) is 35.9 Å². The minimum absolute atomic E-state index is 0.0738. The number of hydrogen-bond donors (Lipinski definition) is 0. The van der Waals surface area contributed by atoms with Gasteiger partial charge in [-0.05, 0) is 12.0 Å². The minimum atomic E-state index is -0.849. The van der Waals surface area contributed by atoms with Crippen LogP contribution in [-0.2, 0) is 30.4 Å². The molecule has 1 fully saturated rings. The lowest BCUT2D eigenvalue weighted by atomic mass is 10.0. The Morgan fingerprint density at radius 1 is 0.906 bits per heavy atom. The van der Waals surface area contributed by atoms with Crippen molar-refractivity contribution in [1.29, 1.82) is 0 Å². The Morgan fingerprint density at radius 3 is 2.12 bits per heavy atom. The molecular formula is C27H42O5. The zero-order valence-corrected chi connectivity index (χ0v) is 19.9. The van der Waals surface area contributed by atoms with E-state index >= 15 is 0 Å². The molecule has 0 bridgehead atoms. The lowest BCUT2D eigenvalue weighted by Crippen LogP contribution is -2.40. The number of rotatable bonds is 18. The standard InChI is InChI=1S/C27H42O5/c1-2-3-4-5-6-7-8-9-10-11-15-18-25(28)31-23-27(20-19-26(29)32-27)22-30-21-24-16-13-12-14-17-24/h12-14,16-17H,2-11,15,18-23H2,1H3/t27-/m1/s1. The van der Waals surface area contributed by atoms with E-state index in [1.54, 1.807) is 0 Å². The first-order valence-electron chi connectivity index (χ1n) is 12.6. The number of carbonyl (C=O) groups excluding carboxylic acids is 2. The van der Waals surface area contributed by atoms with Crippen LogP contribution in [0.1, 0.15) is 102 Å². The first kappa shape index (κ1) is 26.4. The molecule has 1 aliphatic rings. The van der Waals surface area contributed by atoms with Crippen molar-refractivity contribution >= 4 is 11.9 Å². The molecule has 5 heteroatoms. The van der Waals surface area contributed by atoms with E-state index < -0.39 is 5.60 Å².